The number of rotatable bonds is 3. The largest absolute Gasteiger partial charge is 0.481 e. The van der Waals surface area contributed by atoms with Gasteiger partial charge in [-0.05, 0) is 5.41 Å². The van der Waals surface area contributed by atoms with Crippen molar-refractivity contribution in [2.24, 2.45) is 29.1 Å². The molecule has 0 aromatic rings. The van der Waals surface area contributed by atoms with Crippen molar-refractivity contribution in [2.45, 2.75) is 61.8 Å². The average Bonchev–Trinajstić information content (AvgIpc) is 2.72. The first-order valence-electron chi connectivity index (χ1n) is 8.36. The molecule has 1 saturated heterocycles. The monoisotopic (exact) mass is 360 g/mol. The highest BCUT2D eigenvalue weighted by molar-refractivity contribution is 5.95. The lowest BCUT2D eigenvalue weighted by Gasteiger charge is -2.12. The fraction of sp³-hybridized carbons (Fsp3) is 0.778. The van der Waals surface area contributed by atoms with Gasteiger partial charge in [0.15, 0.2) is 0 Å². The first-order valence-corrected chi connectivity index (χ1v) is 8.36. The summed E-state index contributed by atoms with van der Waals surface area (Å²) >= 11 is 0. The second-order valence-corrected chi connectivity index (χ2v) is 7.49. The van der Waals surface area contributed by atoms with E-state index in [0.717, 1.165) is 0 Å². The second-order valence-electron chi connectivity index (χ2n) is 7.49. The van der Waals surface area contributed by atoms with Gasteiger partial charge in [-0.3, -0.25) is 19.2 Å². The third kappa shape index (κ3) is 10.5. The summed E-state index contributed by atoms with van der Waals surface area (Å²) in [7, 11) is 0. The molecule has 0 amide bonds. The molecular weight excluding hydrogens is 328 g/mol. The first-order chi connectivity index (χ1) is 11.2. The van der Waals surface area contributed by atoms with E-state index in [1.54, 1.807) is 13.8 Å². The molecule has 25 heavy (non-hydrogen) atoms. The van der Waals surface area contributed by atoms with Gasteiger partial charge in [0.25, 0.3) is 0 Å². The van der Waals surface area contributed by atoms with Crippen LogP contribution in [0.1, 0.15) is 61.8 Å². The van der Waals surface area contributed by atoms with Gasteiger partial charge >= 0.3 is 23.9 Å². The molecule has 1 fully saturated rings. The Morgan fingerprint density at radius 3 is 1.28 bits per heavy atom. The number of cyclic esters (lactones) is 2. The molecule has 1 heterocycles. The zero-order valence-corrected chi connectivity index (χ0v) is 16.5. The quantitative estimate of drug-likeness (QED) is 0.586. The van der Waals surface area contributed by atoms with Crippen LogP contribution in [0.15, 0.2) is 0 Å². The summed E-state index contributed by atoms with van der Waals surface area (Å²) in [5, 5.41) is 16.7. The van der Waals surface area contributed by atoms with Crippen molar-refractivity contribution >= 4 is 23.9 Å². The van der Waals surface area contributed by atoms with Crippen LogP contribution in [0.3, 0.4) is 0 Å². The molecule has 0 bridgehead atoms. The van der Waals surface area contributed by atoms with Crippen molar-refractivity contribution in [1.82, 2.24) is 0 Å². The van der Waals surface area contributed by atoms with Crippen molar-refractivity contribution in [2.75, 3.05) is 0 Å². The van der Waals surface area contributed by atoms with Gasteiger partial charge in [-0.25, -0.2) is 0 Å². The summed E-state index contributed by atoms with van der Waals surface area (Å²) in [6.07, 6.45) is 1.27. The average molecular weight is 360 g/mol. The number of hydrogen-bond acceptors (Lipinski definition) is 5. The van der Waals surface area contributed by atoms with Gasteiger partial charge in [0.05, 0.1) is 23.7 Å². The van der Waals surface area contributed by atoms with Crippen LogP contribution in [0, 0.1) is 29.1 Å². The Kier molecular flexibility index (Phi) is 11.0. The van der Waals surface area contributed by atoms with Crippen molar-refractivity contribution in [1.29, 1.82) is 0 Å². The number of hydrogen-bond donors (Lipinski definition) is 2. The highest BCUT2D eigenvalue weighted by Crippen LogP contribution is 2.21. The molecule has 0 radical (unpaired) electrons. The Labute approximate surface area is 149 Å². The molecule has 0 spiro atoms. The summed E-state index contributed by atoms with van der Waals surface area (Å²) in [6, 6.07) is 0. The Balaban J connectivity index is 0. The fourth-order valence-corrected chi connectivity index (χ4v) is 1.12. The molecule has 1 rings (SSSR count). The van der Waals surface area contributed by atoms with E-state index in [9.17, 15) is 19.2 Å². The van der Waals surface area contributed by atoms with E-state index in [4.69, 9.17) is 10.2 Å². The van der Waals surface area contributed by atoms with Crippen molar-refractivity contribution in [3.63, 3.8) is 0 Å². The minimum absolute atomic E-state index is 0.252. The van der Waals surface area contributed by atoms with Gasteiger partial charge < -0.3 is 14.9 Å². The minimum Gasteiger partial charge on any atom is -0.481 e. The van der Waals surface area contributed by atoms with Gasteiger partial charge in [0.1, 0.15) is 0 Å². The van der Waals surface area contributed by atoms with Crippen LogP contribution in [0.4, 0.5) is 0 Å². The summed E-state index contributed by atoms with van der Waals surface area (Å²) in [5.74, 6) is -5.09. The van der Waals surface area contributed by atoms with Crippen LogP contribution in [0.2, 0.25) is 0 Å². The van der Waals surface area contributed by atoms with Crippen LogP contribution in [0.5, 0.6) is 0 Å². The summed E-state index contributed by atoms with van der Waals surface area (Å²) in [4.78, 5) is 41.5. The van der Waals surface area contributed by atoms with E-state index in [0.29, 0.717) is 5.41 Å². The number of carboxylic acid groups (broad SMARTS) is 2. The molecule has 7 nitrogen and oxygen atoms in total. The van der Waals surface area contributed by atoms with Gasteiger partial charge in [0, 0.05) is 0 Å². The maximum atomic E-state index is 10.6. The molecule has 1 aliphatic heterocycles. The van der Waals surface area contributed by atoms with Crippen molar-refractivity contribution in [3.05, 3.63) is 0 Å². The first kappa shape index (κ1) is 25.3. The fourth-order valence-electron chi connectivity index (χ4n) is 1.12. The third-order valence-corrected chi connectivity index (χ3v) is 4.28. The van der Waals surface area contributed by atoms with Gasteiger partial charge in [0.2, 0.25) is 0 Å². The highest BCUT2D eigenvalue weighted by atomic mass is 16.6. The van der Waals surface area contributed by atoms with Crippen LogP contribution >= 0.6 is 0 Å². The number of ether oxygens (including phenoxy) is 1. The van der Waals surface area contributed by atoms with E-state index in [1.165, 1.54) is 20.3 Å². The predicted molar refractivity (Wildman–Crippen MR) is 92.8 cm³/mol. The second kappa shape index (κ2) is 10.8. The Morgan fingerprint density at radius 1 is 0.960 bits per heavy atom. The lowest BCUT2D eigenvalue weighted by Crippen LogP contribution is -2.24. The summed E-state index contributed by atoms with van der Waals surface area (Å²) in [6.45, 7) is 15.1. The van der Waals surface area contributed by atoms with Gasteiger partial charge in [-0.1, -0.05) is 61.8 Å². The van der Waals surface area contributed by atoms with Crippen molar-refractivity contribution in [3.8, 4) is 0 Å². The van der Waals surface area contributed by atoms with E-state index in [1.807, 2.05) is 0 Å². The van der Waals surface area contributed by atoms with Gasteiger partial charge in [-0.15, -0.1) is 0 Å². The van der Waals surface area contributed by atoms with Crippen molar-refractivity contribution < 1.29 is 34.1 Å². The summed E-state index contributed by atoms with van der Waals surface area (Å²) < 4.78 is 4.31. The molecule has 4 atom stereocenters. The summed E-state index contributed by atoms with van der Waals surface area (Å²) in [5.41, 5.74) is 0.542. The molecular formula is C18H32O7. The predicted octanol–water partition coefficient (Wildman–Crippen LogP) is 3.21. The molecule has 0 saturated carbocycles. The van der Waals surface area contributed by atoms with Crippen LogP contribution < -0.4 is 0 Å². The maximum Gasteiger partial charge on any atom is 0.317 e. The Morgan fingerprint density at radius 2 is 1.20 bits per heavy atom. The molecule has 1 aliphatic rings. The molecule has 0 aromatic carbocycles. The van der Waals surface area contributed by atoms with Gasteiger partial charge in [-0.2, -0.15) is 0 Å². The maximum absolute atomic E-state index is 10.6. The van der Waals surface area contributed by atoms with E-state index < -0.39 is 35.7 Å². The number of carbonyl (C=O) groups is 4. The van der Waals surface area contributed by atoms with E-state index >= 15 is 0 Å². The highest BCUT2D eigenvalue weighted by Gasteiger charge is 2.37. The number of esters is 2. The number of carboxylic acids is 2. The zero-order chi connectivity index (χ0) is 20.5. The molecule has 146 valence electrons. The third-order valence-electron chi connectivity index (χ3n) is 4.28. The molecule has 0 aromatic heterocycles. The minimum atomic E-state index is -1.07. The van der Waals surface area contributed by atoms with E-state index in [2.05, 4.69) is 32.4 Å². The molecule has 2 N–H and O–H groups in total. The number of aliphatic carboxylic acids is 2. The SMILES string of the molecule is CC(C(=O)O)C(C)C(=O)O.CC1C(=O)OC(=O)C1C.CCC(C)(C)C. The van der Waals surface area contributed by atoms with Crippen LogP contribution in [0.25, 0.3) is 0 Å². The topological polar surface area (TPSA) is 118 Å². The standard InChI is InChI=1S/C6H10O4.C6H8O3.C6H14/c1-3(5(7)8)4(2)6(9)10;1-3-4(2)6(8)9-5(3)7;1-5-6(2,3)4/h3-4H,1-2H3,(H,7,8)(H,9,10);3-4H,1-2H3;5H2,1-4H3. The number of carbonyl (C=O) groups excluding carboxylic acids is 2. The molecule has 4 unspecified atom stereocenters. The van der Waals surface area contributed by atoms with E-state index in [-0.39, 0.29) is 11.8 Å². The van der Waals surface area contributed by atoms with Crippen LogP contribution in [-0.2, 0) is 23.9 Å². The Bertz CT molecular complexity index is 440. The molecule has 0 aliphatic carbocycles. The smallest absolute Gasteiger partial charge is 0.317 e. The Hall–Kier alpha value is -1.92. The van der Waals surface area contributed by atoms with Crippen LogP contribution in [-0.4, -0.2) is 34.1 Å². The lowest BCUT2D eigenvalue weighted by molar-refractivity contribution is -0.153. The molecule has 7 heteroatoms. The lowest BCUT2D eigenvalue weighted by atomic mass is 9.94. The zero-order valence-electron chi connectivity index (χ0n) is 16.5. The normalized spacial score (nSPS) is 21.8.